The average Bonchev–Trinajstić information content (AvgIpc) is 2.44. The second-order valence-corrected chi connectivity index (χ2v) is 3.27. The molecule has 0 amide bonds. The molecule has 0 saturated carbocycles. The van der Waals surface area contributed by atoms with Gasteiger partial charge in [0.05, 0.1) is 7.11 Å². The highest BCUT2D eigenvalue weighted by Crippen LogP contribution is 2.29. The Labute approximate surface area is 72.3 Å². The molecule has 1 aliphatic rings. The Morgan fingerprint density at radius 1 is 1.42 bits per heavy atom. The van der Waals surface area contributed by atoms with Gasteiger partial charge < -0.3 is 10.5 Å². The highest BCUT2D eigenvalue weighted by molar-refractivity contribution is 5.44. The molecular formula is C10H13NO. The minimum atomic E-state index is 0.288. The quantitative estimate of drug-likeness (QED) is 0.673. The topological polar surface area (TPSA) is 35.2 Å². The van der Waals surface area contributed by atoms with E-state index in [-0.39, 0.29) is 6.04 Å². The fraction of sp³-hybridized carbons (Fsp3) is 0.400. The molecule has 12 heavy (non-hydrogen) atoms. The molecule has 0 spiro atoms. The number of rotatable bonds is 1. The van der Waals surface area contributed by atoms with Gasteiger partial charge in [-0.3, -0.25) is 0 Å². The lowest BCUT2D eigenvalue weighted by molar-refractivity contribution is 0.410. The Kier molecular flexibility index (Phi) is 1.77. The molecule has 1 atom stereocenters. The second kappa shape index (κ2) is 2.79. The summed E-state index contributed by atoms with van der Waals surface area (Å²) in [6, 6.07) is 6.44. The number of hydrogen-bond acceptors (Lipinski definition) is 2. The minimum absolute atomic E-state index is 0.288. The predicted molar refractivity (Wildman–Crippen MR) is 48.4 cm³/mol. The van der Waals surface area contributed by atoms with Gasteiger partial charge >= 0.3 is 0 Å². The molecule has 0 aromatic heterocycles. The van der Waals surface area contributed by atoms with Crippen LogP contribution in [-0.2, 0) is 12.8 Å². The van der Waals surface area contributed by atoms with E-state index in [1.165, 1.54) is 11.1 Å². The summed E-state index contributed by atoms with van der Waals surface area (Å²) in [4.78, 5) is 0. The number of nitrogens with two attached hydrogens (primary N) is 1. The summed E-state index contributed by atoms with van der Waals surface area (Å²) in [5, 5.41) is 0. The van der Waals surface area contributed by atoms with Crippen molar-refractivity contribution in [2.45, 2.75) is 18.9 Å². The van der Waals surface area contributed by atoms with E-state index in [9.17, 15) is 0 Å². The molecule has 2 N–H and O–H groups in total. The summed E-state index contributed by atoms with van der Waals surface area (Å²) in [6.45, 7) is 0. The average molecular weight is 163 g/mol. The molecule has 0 aliphatic heterocycles. The molecule has 0 radical (unpaired) electrons. The monoisotopic (exact) mass is 163 g/mol. The lowest BCUT2D eigenvalue weighted by Crippen LogP contribution is -2.19. The molecular weight excluding hydrogens is 150 g/mol. The van der Waals surface area contributed by atoms with Crippen molar-refractivity contribution < 1.29 is 4.74 Å². The van der Waals surface area contributed by atoms with E-state index in [1.54, 1.807) is 7.11 Å². The fourth-order valence-corrected chi connectivity index (χ4v) is 1.84. The van der Waals surface area contributed by atoms with Gasteiger partial charge in [-0.2, -0.15) is 0 Å². The maximum Gasteiger partial charge on any atom is 0.122 e. The van der Waals surface area contributed by atoms with E-state index >= 15 is 0 Å². The summed E-state index contributed by atoms with van der Waals surface area (Å²) in [6.07, 6.45) is 1.95. The van der Waals surface area contributed by atoms with Crippen molar-refractivity contribution >= 4 is 0 Å². The molecule has 2 heteroatoms. The smallest absolute Gasteiger partial charge is 0.122 e. The summed E-state index contributed by atoms with van der Waals surface area (Å²) in [5.41, 5.74) is 8.50. The molecule has 1 unspecified atom stereocenters. The predicted octanol–water partition coefficient (Wildman–Crippen LogP) is 1.12. The van der Waals surface area contributed by atoms with Crippen LogP contribution in [0.1, 0.15) is 11.1 Å². The first-order chi connectivity index (χ1) is 5.81. The maximum atomic E-state index is 5.85. The van der Waals surface area contributed by atoms with Crippen LogP contribution in [-0.4, -0.2) is 13.2 Å². The van der Waals surface area contributed by atoms with E-state index in [0.29, 0.717) is 0 Å². The highest BCUT2D eigenvalue weighted by atomic mass is 16.5. The Morgan fingerprint density at radius 2 is 2.25 bits per heavy atom. The van der Waals surface area contributed by atoms with Crippen LogP contribution in [0, 0.1) is 0 Å². The van der Waals surface area contributed by atoms with Gasteiger partial charge in [-0.05, 0) is 30.0 Å². The second-order valence-electron chi connectivity index (χ2n) is 3.27. The molecule has 2 rings (SSSR count). The van der Waals surface area contributed by atoms with Crippen LogP contribution in [0.15, 0.2) is 18.2 Å². The van der Waals surface area contributed by atoms with E-state index in [0.717, 1.165) is 18.6 Å². The van der Waals surface area contributed by atoms with Gasteiger partial charge in [0.15, 0.2) is 0 Å². The first-order valence-corrected chi connectivity index (χ1v) is 4.21. The minimum Gasteiger partial charge on any atom is -0.496 e. The van der Waals surface area contributed by atoms with Crippen LogP contribution in [0.2, 0.25) is 0 Å². The van der Waals surface area contributed by atoms with Crippen LogP contribution in [0.3, 0.4) is 0 Å². The molecule has 0 fully saturated rings. The van der Waals surface area contributed by atoms with Gasteiger partial charge in [0, 0.05) is 6.04 Å². The Morgan fingerprint density at radius 3 is 3.00 bits per heavy atom. The van der Waals surface area contributed by atoms with Crippen molar-refractivity contribution in [2.24, 2.45) is 5.73 Å². The third-order valence-corrected chi connectivity index (χ3v) is 2.40. The van der Waals surface area contributed by atoms with Crippen molar-refractivity contribution in [2.75, 3.05) is 7.11 Å². The van der Waals surface area contributed by atoms with Crippen LogP contribution >= 0.6 is 0 Å². The first-order valence-electron chi connectivity index (χ1n) is 4.21. The lowest BCUT2D eigenvalue weighted by Gasteiger charge is -2.05. The van der Waals surface area contributed by atoms with Gasteiger partial charge in [-0.1, -0.05) is 12.1 Å². The van der Waals surface area contributed by atoms with Gasteiger partial charge in [0.1, 0.15) is 5.75 Å². The van der Waals surface area contributed by atoms with Gasteiger partial charge in [0.2, 0.25) is 0 Å². The van der Waals surface area contributed by atoms with Crippen LogP contribution < -0.4 is 10.5 Å². The Balaban J connectivity index is 2.44. The molecule has 0 bridgehead atoms. The maximum absolute atomic E-state index is 5.85. The van der Waals surface area contributed by atoms with E-state index in [4.69, 9.17) is 10.5 Å². The zero-order chi connectivity index (χ0) is 8.55. The number of ether oxygens (including phenoxy) is 1. The molecule has 1 aromatic rings. The van der Waals surface area contributed by atoms with Crippen molar-refractivity contribution in [3.05, 3.63) is 29.3 Å². The Hall–Kier alpha value is -1.02. The largest absolute Gasteiger partial charge is 0.496 e. The van der Waals surface area contributed by atoms with Crippen molar-refractivity contribution in [3.8, 4) is 5.75 Å². The summed E-state index contributed by atoms with van der Waals surface area (Å²) in [5.74, 6) is 0.987. The summed E-state index contributed by atoms with van der Waals surface area (Å²) in [7, 11) is 1.71. The third-order valence-electron chi connectivity index (χ3n) is 2.40. The van der Waals surface area contributed by atoms with Crippen molar-refractivity contribution in [1.82, 2.24) is 0 Å². The molecule has 64 valence electrons. The Bertz CT molecular complexity index is 296. The summed E-state index contributed by atoms with van der Waals surface area (Å²) >= 11 is 0. The van der Waals surface area contributed by atoms with Gasteiger partial charge in [-0.15, -0.1) is 0 Å². The van der Waals surface area contributed by atoms with E-state index in [2.05, 4.69) is 6.07 Å². The molecule has 0 saturated heterocycles. The van der Waals surface area contributed by atoms with Crippen LogP contribution in [0.25, 0.3) is 0 Å². The fourth-order valence-electron chi connectivity index (χ4n) is 1.84. The molecule has 0 heterocycles. The number of fused-ring (bicyclic) bond motifs is 1. The zero-order valence-electron chi connectivity index (χ0n) is 7.21. The zero-order valence-corrected chi connectivity index (χ0v) is 7.21. The van der Waals surface area contributed by atoms with E-state index in [1.807, 2.05) is 12.1 Å². The highest BCUT2D eigenvalue weighted by Gasteiger charge is 2.20. The van der Waals surface area contributed by atoms with E-state index < -0.39 is 0 Å². The molecule has 2 nitrogen and oxygen atoms in total. The third kappa shape index (κ3) is 1.08. The number of benzene rings is 1. The van der Waals surface area contributed by atoms with Gasteiger partial charge in [0.25, 0.3) is 0 Å². The normalized spacial score (nSPS) is 20.7. The first kappa shape index (κ1) is 7.62. The SMILES string of the molecule is COc1cccc2c1CC(N)C2. The van der Waals surface area contributed by atoms with Crippen LogP contribution in [0.4, 0.5) is 0 Å². The number of hydrogen-bond donors (Lipinski definition) is 1. The van der Waals surface area contributed by atoms with Crippen molar-refractivity contribution in [3.63, 3.8) is 0 Å². The number of methoxy groups -OCH3 is 1. The lowest BCUT2D eigenvalue weighted by atomic mass is 10.1. The standard InChI is InChI=1S/C10H13NO/c1-12-10-4-2-3-7-5-8(11)6-9(7)10/h2-4,8H,5-6,11H2,1H3. The molecule has 1 aliphatic carbocycles. The van der Waals surface area contributed by atoms with Crippen LogP contribution in [0.5, 0.6) is 5.75 Å². The summed E-state index contributed by atoms with van der Waals surface area (Å²) < 4.78 is 5.25. The van der Waals surface area contributed by atoms with Gasteiger partial charge in [-0.25, -0.2) is 0 Å². The molecule has 1 aromatic carbocycles. The van der Waals surface area contributed by atoms with Crippen molar-refractivity contribution in [1.29, 1.82) is 0 Å².